The highest BCUT2D eigenvalue weighted by Crippen LogP contribution is 2.23. The van der Waals surface area contributed by atoms with Crippen LogP contribution in [0.15, 0.2) is 65.5 Å². The normalized spacial score (nSPS) is 14.3. The molecule has 1 aliphatic heterocycles. The Kier molecular flexibility index (Phi) is 4.10. The largest absolute Gasteiger partial charge is 0.346 e. The van der Waals surface area contributed by atoms with E-state index in [0.717, 1.165) is 36.3 Å². The van der Waals surface area contributed by atoms with Gasteiger partial charge in [-0.1, -0.05) is 48.5 Å². The van der Waals surface area contributed by atoms with Crippen molar-refractivity contribution >= 4 is 10.9 Å². The molecule has 2 aromatic heterocycles. The number of nitrogens with zero attached hydrogens (tertiary/aromatic N) is 3. The third-order valence-electron chi connectivity index (χ3n) is 5.63. The maximum atomic E-state index is 12.7. The summed E-state index contributed by atoms with van der Waals surface area (Å²) in [7, 11) is 2.11. The van der Waals surface area contributed by atoms with E-state index in [1.54, 1.807) is 0 Å². The van der Waals surface area contributed by atoms with E-state index in [1.165, 1.54) is 16.6 Å². The Morgan fingerprint density at radius 3 is 2.68 bits per heavy atom. The van der Waals surface area contributed by atoms with E-state index in [-0.39, 0.29) is 5.56 Å². The zero-order chi connectivity index (χ0) is 19.1. The first kappa shape index (κ1) is 17.0. The van der Waals surface area contributed by atoms with Crippen molar-refractivity contribution in [2.75, 3.05) is 6.54 Å². The van der Waals surface area contributed by atoms with Gasteiger partial charge in [-0.2, -0.15) is 0 Å². The topological polar surface area (TPSA) is 53.9 Å². The van der Waals surface area contributed by atoms with Crippen molar-refractivity contribution in [3.8, 4) is 11.4 Å². The van der Waals surface area contributed by atoms with Crippen molar-refractivity contribution in [2.24, 2.45) is 7.05 Å². The quantitative estimate of drug-likeness (QED) is 0.601. The molecule has 0 bridgehead atoms. The lowest BCUT2D eigenvalue weighted by atomic mass is 10.1. The van der Waals surface area contributed by atoms with Crippen molar-refractivity contribution < 1.29 is 0 Å². The third-order valence-corrected chi connectivity index (χ3v) is 5.63. The molecule has 5 nitrogen and oxygen atoms in total. The molecular weight excluding hydrogens is 348 g/mol. The van der Waals surface area contributed by atoms with Gasteiger partial charge in [0.1, 0.15) is 5.82 Å². The zero-order valence-corrected chi connectivity index (χ0v) is 15.9. The molecule has 5 heteroatoms. The summed E-state index contributed by atoms with van der Waals surface area (Å²) < 4.78 is 2.24. The molecule has 0 atom stereocenters. The molecule has 1 aliphatic rings. The molecule has 0 unspecified atom stereocenters. The number of aromatic nitrogens is 3. The fourth-order valence-corrected chi connectivity index (χ4v) is 4.08. The van der Waals surface area contributed by atoms with Crippen LogP contribution in [0.2, 0.25) is 0 Å². The number of hydrogen-bond donors (Lipinski definition) is 1. The summed E-state index contributed by atoms with van der Waals surface area (Å²) in [5.41, 5.74) is 5.14. The molecule has 0 radical (unpaired) electrons. The van der Waals surface area contributed by atoms with Crippen LogP contribution in [-0.4, -0.2) is 26.0 Å². The van der Waals surface area contributed by atoms with Gasteiger partial charge in [-0.15, -0.1) is 0 Å². The van der Waals surface area contributed by atoms with Crippen LogP contribution in [0.1, 0.15) is 17.0 Å². The molecule has 0 aliphatic carbocycles. The van der Waals surface area contributed by atoms with Gasteiger partial charge in [-0.05, 0) is 17.5 Å². The highest BCUT2D eigenvalue weighted by atomic mass is 16.1. The van der Waals surface area contributed by atoms with Gasteiger partial charge < -0.3 is 9.55 Å². The van der Waals surface area contributed by atoms with Crippen LogP contribution in [-0.2, 0) is 26.6 Å². The van der Waals surface area contributed by atoms with E-state index in [4.69, 9.17) is 4.98 Å². The first-order valence-electron chi connectivity index (χ1n) is 9.62. The summed E-state index contributed by atoms with van der Waals surface area (Å²) in [4.78, 5) is 22.8. The van der Waals surface area contributed by atoms with E-state index in [9.17, 15) is 4.79 Å². The molecule has 0 spiro atoms. The molecule has 28 heavy (non-hydrogen) atoms. The number of aromatic amines is 1. The van der Waals surface area contributed by atoms with Gasteiger partial charge in [0, 0.05) is 49.9 Å². The van der Waals surface area contributed by atoms with Gasteiger partial charge in [0.25, 0.3) is 5.56 Å². The number of fused-ring (bicyclic) bond motifs is 2. The van der Waals surface area contributed by atoms with Crippen LogP contribution in [0.4, 0.5) is 0 Å². The van der Waals surface area contributed by atoms with Gasteiger partial charge in [-0.3, -0.25) is 9.69 Å². The zero-order valence-electron chi connectivity index (χ0n) is 15.9. The van der Waals surface area contributed by atoms with Gasteiger partial charge in [0.2, 0.25) is 0 Å². The molecule has 0 amide bonds. The van der Waals surface area contributed by atoms with Crippen molar-refractivity contribution in [3.63, 3.8) is 0 Å². The number of aryl methyl sites for hydroxylation is 1. The van der Waals surface area contributed by atoms with Gasteiger partial charge in [0.15, 0.2) is 0 Å². The van der Waals surface area contributed by atoms with Crippen LogP contribution >= 0.6 is 0 Å². The number of hydrogen-bond acceptors (Lipinski definition) is 3. The number of para-hydroxylation sites is 1. The predicted molar refractivity (Wildman–Crippen MR) is 111 cm³/mol. The minimum absolute atomic E-state index is 0.0226. The van der Waals surface area contributed by atoms with E-state index >= 15 is 0 Å². The van der Waals surface area contributed by atoms with E-state index < -0.39 is 0 Å². The lowest BCUT2D eigenvalue weighted by molar-refractivity contribution is 0.237. The summed E-state index contributed by atoms with van der Waals surface area (Å²) in [6.07, 6.45) is 0.795. The highest BCUT2D eigenvalue weighted by Gasteiger charge is 2.22. The Bertz CT molecular complexity index is 1210. The van der Waals surface area contributed by atoms with Crippen LogP contribution in [0.5, 0.6) is 0 Å². The van der Waals surface area contributed by atoms with Crippen LogP contribution in [0.25, 0.3) is 22.3 Å². The predicted octanol–water partition coefficient (Wildman–Crippen LogP) is 3.49. The monoisotopic (exact) mass is 370 g/mol. The van der Waals surface area contributed by atoms with Gasteiger partial charge in [0.05, 0.1) is 11.3 Å². The molecule has 140 valence electrons. The van der Waals surface area contributed by atoms with Crippen molar-refractivity contribution in [1.29, 1.82) is 0 Å². The first-order chi connectivity index (χ1) is 13.7. The molecular formula is C23H22N4O. The lowest BCUT2D eigenvalue weighted by Crippen LogP contribution is -2.35. The molecule has 3 heterocycles. The fourth-order valence-electron chi connectivity index (χ4n) is 4.08. The van der Waals surface area contributed by atoms with Crippen LogP contribution in [0.3, 0.4) is 0 Å². The Hall–Kier alpha value is -3.18. The lowest BCUT2D eigenvalue weighted by Gasteiger charge is -2.27. The summed E-state index contributed by atoms with van der Waals surface area (Å²) in [6.45, 7) is 2.36. The minimum Gasteiger partial charge on any atom is -0.346 e. The maximum Gasteiger partial charge on any atom is 0.255 e. The third kappa shape index (κ3) is 2.94. The molecule has 1 N–H and O–H groups in total. The highest BCUT2D eigenvalue weighted by molar-refractivity contribution is 5.81. The molecule has 2 aromatic carbocycles. The maximum absolute atomic E-state index is 12.7. The fraction of sp³-hybridized carbons (Fsp3) is 0.217. The Morgan fingerprint density at radius 1 is 1.07 bits per heavy atom. The molecule has 0 fully saturated rings. The standard InChI is InChI=1S/C23H22N4O/c1-26-18(13-17-9-5-6-10-21(17)26)14-27-12-11-20-19(15-27)23(28)25-22(24-20)16-7-3-2-4-8-16/h2-10,13H,11-12,14-15H2,1H3,(H,24,25,28). The smallest absolute Gasteiger partial charge is 0.255 e. The number of rotatable bonds is 3. The Balaban J connectivity index is 1.42. The Morgan fingerprint density at radius 2 is 1.86 bits per heavy atom. The first-order valence-corrected chi connectivity index (χ1v) is 9.62. The Labute approximate surface area is 163 Å². The van der Waals surface area contributed by atoms with Gasteiger partial charge in [-0.25, -0.2) is 4.98 Å². The van der Waals surface area contributed by atoms with Crippen molar-refractivity contribution in [1.82, 2.24) is 19.4 Å². The number of benzene rings is 2. The minimum atomic E-state index is -0.0226. The van der Waals surface area contributed by atoms with Crippen LogP contribution < -0.4 is 5.56 Å². The average Bonchev–Trinajstić information content (AvgIpc) is 3.04. The summed E-state index contributed by atoms with van der Waals surface area (Å²) in [6, 6.07) is 20.5. The molecule has 0 saturated carbocycles. The second-order valence-electron chi connectivity index (χ2n) is 7.42. The molecule has 5 rings (SSSR count). The van der Waals surface area contributed by atoms with E-state index in [1.807, 2.05) is 30.3 Å². The number of H-pyrrole nitrogens is 1. The molecule has 4 aromatic rings. The van der Waals surface area contributed by atoms with Gasteiger partial charge >= 0.3 is 0 Å². The SMILES string of the molecule is Cn1c(CN2CCc3nc(-c4ccccc4)[nH]c(=O)c3C2)cc2ccccc21. The van der Waals surface area contributed by atoms with Crippen LogP contribution in [0, 0.1) is 0 Å². The summed E-state index contributed by atoms with van der Waals surface area (Å²) in [5.74, 6) is 0.659. The van der Waals surface area contributed by atoms with Crippen molar-refractivity contribution in [2.45, 2.75) is 19.5 Å². The second-order valence-corrected chi connectivity index (χ2v) is 7.42. The summed E-state index contributed by atoms with van der Waals surface area (Å²) >= 11 is 0. The average molecular weight is 370 g/mol. The van der Waals surface area contributed by atoms with E-state index in [0.29, 0.717) is 12.4 Å². The second kappa shape index (κ2) is 6.77. The van der Waals surface area contributed by atoms with E-state index in [2.05, 4.69) is 51.8 Å². The number of nitrogens with one attached hydrogen (secondary N) is 1. The molecule has 0 saturated heterocycles. The van der Waals surface area contributed by atoms with Crippen molar-refractivity contribution in [3.05, 3.63) is 88.0 Å². The summed E-state index contributed by atoms with van der Waals surface area (Å²) in [5, 5.41) is 1.25.